The highest BCUT2D eigenvalue weighted by atomic mass is 16.5. The Morgan fingerprint density at radius 3 is 2.76 bits per heavy atom. The van der Waals surface area contributed by atoms with E-state index in [0.717, 1.165) is 42.5 Å². The molecule has 7 heteroatoms. The molecule has 2 aliphatic rings. The minimum atomic E-state index is 0.263. The van der Waals surface area contributed by atoms with Crippen molar-refractivity contribution in [3.8, 4) is 11.3 Å². The van der Waals surface area contributed by atoms with Gasteiger partial charge in [-0.3, -0.25) is 0 Å². The molecule has 2 fully saturated rings. The number of nitrogens with zero attached hydrogens (tertiary/aromatic N) is 5. The molecule has 2 N–H and O–H groups in total. The topological polar surface area (TPSA) is 90.0 Å². The van der Waals surface area contributed by atoms with Gasteiger partial charge in [0.05, 0.1) is 24.4 Å². The zero-order chi connectivity index (χ0) is 14.4. The summed E-state index contributed by atoms with van der Waals surface area (Å²) in [7, 11) is 0. The lowest BCUT2D eigenvalue weighted by Crippen LogP contribution is -2.37. The third kappa shape index (κ3) is 2.19. The van der Waals surface area contributed by atoms with Gasteiger partial charge in [0.25, 0.3) is 0 Å². The van der Waals surface area contributed by atoms with Crippen molar-refractivity contribution in [3.05, 3.63) is 24.3 Å². The highest BCUT2D eigenvalue weighted by molar-refractivity contribution is 5.62. The molecular weight excluding hydrogens is 268 g/mol. The molecule has 4 heterocycles. The van der Waals surface area contributed by atoms with E-state index in [2.05, 4.69) is 24.8 Å². The second-order valence-electron chi connectivity index (χ2n) is 5.49. The summed E-state index contributed by atoms with van der Waals surface area (Å²) in [4.78, 5) is 19.4. The second kappa shape index (κ2) is 4.63. The Labute approximate surface area is 122 Å². The molecule has 0 unspecified atom stereocenters. The van der Waals surface area contributed by atoms with Crippen LogP contribution in [0.2, 0.25) is 0 Å². The van der Waals surface area contributed by atoms with E-state index >= 15 is 0 Å². The van der Waals surface area contributed by atoms with Crippen molar-refractivity contribution in [2.45, 2.75) is 25.5 Å². The summed E-state index contributed by atoms with van der Waals surface area (Å²) in [6.45, 7) is 3.59. The van der Waals surface area contributed by atoms with Crippen molar-refractivity contribution < 1.29 is 4.74 Å². The Balaban J connectivity index is 1.71. The first kappa shape index (κ1) is 12.5. The van der Waals surface area contributed by atoms with E-state index in [1.165, 1.54) is 0 Å². The van der Waals surface area contributed by atoms with Crippen LogP contribution < -0.4 is 10.6 Å². The van der Waals surface area contributed by atoms with E-state index in [1.54, 1.807) is 12.4 Å². The quantitative estimate of drug-likeness (QED) is 0.872. The predicted molar refractivity (Wildman–Crippen MR) is 77.7 cm³/mol. The second-order valence-corrected chi connectivity index (χ2v) is 5.49. The lowest BCUT2D eigenvalue weighted by Gasteiger charge is -2.28. The average molecular weight is 284 g/mol. The van der Waals surface area contributed by atoms with Gasteiger partial charge in [-0.25, -0.2) is 19.9 Å². The third-order valence-corrected chi connectivity index (χ3v) is 3.99. The number of rotatable bonds is 2. The molecule has 2 saturated heterocycles. The van der Waals surface area contributed by atoms with Crippen LogP contribution in [0.1, 0.15) is 12.2 Å². The Hall–Kier alpha value is -2.28. The average Bonchev–Trinajstić information content (AvgIpc) is 3.10. The van der Waals surface area contributed by atoms with Gasteiger partial charge >= 0.3 is 0 Å². The minimum absolute atomic E-state index is 0.263. The zero-order valence-corrected chi connectivity index (χ0v) is 11.7. The van der Waals surface area contributed by atoms with Crippen LogP contribution in [0.15, 0.2) is 18.5 Å². The smallest absolute Gasteiger partial charge is 0.219 e. The number of hydrogen-bond acceptors (Lipinski definition) is 7. The fourth-order valence-electron chi connectivity index (χ4n) is 3.00. The van der Waals surface area contributed by atoms with Gasteiger partial charge in [-0.1, -0.05) is 0 Å². The number of aromatic nitrogens is 4. The molecule has 4 rings (SSSR count). The van der Waals surface area contributed by atoms with Crippen LogP contribution >= 0.6 is 0 Å². The van der Waals surface area contributed by atoms with Crippen LogP contribution in [0.25, 0.3) is 11.3 Å². The third-order valence-electron chi connectivity index (χ3n) is 3.99. The Morgan fingerprint density at radius 2 is 2.10 bits per heavy atom. The monoisotopic (exact) mass is 284 g/mol. The van der Waals surface area contributed by atoms with Gasteiger partial charge in [-0.2, -0.15) is 0 Å². The number of nitrogens with two attached hydrogens (primary N) is 1. The van der Waals surface area contributed by atoms with Crippen molar-refractivity contribution in [2.75, 3.05) is 23.8 Å². The largest absolute Gasteiger partial charge is 0.374 e. The molecule has 0 aliphatic carbocycles. The molecule has 108 valence electrons. The van der Waals surface area contributed by atoms with Gasteiger partial charge in [0.2, 0.25) is 5.95 Å². The van der Waals surface area contributed by atoms with Crippen molar-refractivity contribution in [3.63, 3.8) is 0 Å². The molecule has 21 heavy (non-hydrogen) atoms. The van der Waals surface area contributed by atoms with Crippen molar-refractivity contribution in [1.29, 1.82) is 0 Å². The normalized spacial score (nSPS) is 23.8. The number of aryl methyl sites for hydroxylation is 1. The predicted octanol–water partition coefficient (Wildman–Crippen LogP) is 0.802. The van der Waals surface area contributed by atoms with Gasteiger partial charge in [0.1, 0.15) is 11.6 Å². The molecule has 0 amide bonds. The lowest BCUT2D eigenvalue weighted by molar-refractivity contribution is 0.0989. The maximum Gasteiger partial charge on any atom is 0.219 e. The molecule has 0 radical (unpaired) electrons. The Morgan fingerprint density at radius 1 is 1.29 bits per heavy atom. The molecule has 2 aromatic rings. The first-order chi connectivity index (χ1) is 10.2. The summed E-state index contributed by atoms with van der Waals surface area (Å²) in [5.74, 6) is 1.95. The summed E-state index contributed by atoms with van der Waals surface area (Å²) in [5.41, 5.74) is 7.19. The first-order valence-electron chi connectivity index (χ1n) is 7.01. The summed E-state index contributed by atoms with van der Waals surface area (Å²) in [6.07, 6.45) is 4.80. The van der Waals surface area contributed by atoms with Gasteiger partial charge in [-0.05, 0) is 13.3 Å². The standard InChI is InChI=1S/C14H16N6O/c1-8-18-12(9-4-16-14(15)17-5-9)3-13(19-8)20-6-11-2-10(20)7-21-11/h3-5,10-11H,2,6-7H2,1H3,(H2,15,16,17)/t10-,11-/m0/s1. The van der Waals surface area contributed by atoms with Gasteiger partial charge in [0, 0.05) is 30.6 Å². The van der Waals surface area contributed by atoms with Crippen LogP contribution in [0.3, 0.4) is 0 Å². The number of nitrogen functional groups attached to an aromatic ring is 1. The van der Waals surface area contributed by atoms with Crippen LogP contribution in [0, 0.1) is 6.92 Å². The molecule has 2 aliphatic heterocycles. The molecular formula is C14H16N6O. The highest BCUT2D eigenvalue weighted by Crippen LogP contribution is 2.32. The number of ether oxygens (including phenoxy) is 1. The maximum absolute atomic E-state index is 5.64. The molecule has 2 atom stereocenters. The number of morpholine rings is 1. The highest BCUT2D eigenvalue weighted by Gasteiger charge is 2.39. The van der Waals surface area contributed by atoms with Crippen molar-refractivity contribution >= 4 is 11.8 Å². The van der Waals surface area contributed by atoms with Gasteiger partial charge in [-0.15, -0.1) is 0 Å². The maximum atomic E-state index is 5.64. The van der Waals surface area contributed by atoms with E-state index < -0.39 is 0 Å². The van der Waals surface area contributed by atoms with E-state index in [9.17, 15) is 0 Å². The van der Waals surface area contributed by atoms with Crippen LogP contribution in [-0.2, 0) is 4.74 Å². The van der Waals surface area contributed by atoms with E-state index in [-0.39, 0.29) is 5.95 Å². The zero-order valence-electron chi connectivity index (χ0n) is 11.7. The first-order valence-corrected chi connectivity index (χ1v) is 7.01. The summed E-state index contributed by atoms with van der Waals surface area (Å²) < 4.78 is 5.64. The Kier molecular flexibility index (Phi) is 2.75. The minimum Gasteiger partial charge on any atom is -0.374 e. The number of fused-ring (bicyclic) bond motifs is 2. The molecule has 0 saturated carbocycles. The number of hydrogen-bond donors (Lipinski definition) is 1. The molecule has 2 bridgehead atoms. The summed E-state index contributed by atoms with van der Waals surface area (Å²) >= 11 is 0. The fourth-order valence-corrected chi connectivity index (χ4v) is 3.00. The van der Waals surface area contributed by atoms with E-state index in [0.29, 0.717) is 12.1 Å². The molecule has 2 aromatic heterocycles. The van der Waals surface area contributed by atoms with Crippen LogP contribution in [-0.4, -0.2) is 45.2 Å². The van der Waals surface area contributed by atoms with Crippen LogP contribution in [0.4, 0.5) is 11.8 Å². The van der Waals surface area contributed by atoms with Gasteiger partial charge < -0.3 is 15.4 Å². The van der Waals surface area contributed by atoms with E-state index in [4.69, 9.17) is 10.5 Å². The summed E-state index contributed by atoms with van der Waals surface area (Å²) in [5, 5.41) is 0. The number of anilines is 2. The van der Waals surface area contributed by atoms with Crippen molar-refractivity contribution in [1.82, 2.24) is 19.9 Å². The SMILES string of the molecule is Cc1nc(-c2cnc(N)nc2)cc(N2C[C@@H]3C[C@H]2CO3)n1. The van der Waals surface area contributed by atoms with Crippen molar-refractivity contribution in [2.24, 2.45) is 0 Å². The fraction of sp³-hybridized carbons (Fsp3) is 0.429. The Bertz CT molecular complexity index is 674. The van der Waals surface area contributed by atoms with Crippen LogP contribution in [0.5, 0.6) is 0 Å². The lowest BCUT2D eigenvalue weighted by atomic mass is 10.2. The molecule has 7 nitrogen and oxygen atoms in total. The summed E-state index contributed by atoms with van der Waals surface area (Å²) in [6, 6.07) is 2.42. The molecule has 0 spiro atoms. The van der Waals surface area contributed by atoms with E-state index in [1.807, 2.05) is 13.0 Å². The van der Waals surface area contributed by atoms with Gasteiger partial charge in [0.15, 0.2) is 0 Å². The molecule has 0 aromatic carbocycles.